The first kappa shape index (κ1) is 19.9. The standard InChI is InChI=1S/C23H27N5O3/c1-13-19(12-30-13)27-21-17-8-18(20-11-24-14(2)31-20)25-9-16(17)10-26-22(21)28-23(29)15-6-4-3-5-7-15/h8-11,13,15,19,27H,3-7,12H2,1-2H3,(H,26,28,29). The van der Waals surface area contributed by atoms with E-state index < -0.39 is 0 Å². The highest BCUT2D eigenvalue weighted by Crippen LogP contribution is 2.35. The van der Waals surface area contributed by atoms with Gasteiger partial charge in [0.25, 0.3) is 0 Å². The summed E-state index contributed by atoms with van der Waals surface area (Å²) in [6, 6.07) is 2.11. The van der Waals surface area contributed by atoms with E-state index in [1.54, 1.807) is 25.5 Å². The number of ether oxygens (including phenoxy) is 1. The number of amides is 1. The molecule has 162 valence electrons. The fourth-order valence-corrected chi connectivity index (χ4v) is 4.28. The molecule has 0 radical (unpaired) electrons. The summed E-state index contributed by atoms with van der Waals surface area (Å²) in [6.45, 7) is 4.45. The Labute approximate surface area is 180 Å². The summed E-state index contributed by atoms with van der Waals surface area (Å²) >= 11 is 0. The third-order valence-electron chi connectivity index (χ3n) is 6.30. The quantitative estimate of drug-likeness (QED) is 0.633. The molecule has 2 fully saturated rings. The summed E-state index contributed by atoms with van der Waals surface area (Å²) < 4.78 is 11.2. The highest BCUT2D eigenvalue weighted by molar-refractivity contribution is 6.04. The molecule has 0 spiro atoms. The number of anilines is 2. The van der Waals surface area contributed by atoms with Gasteiger partial charge < -0.3 is 19.8 Å². The van der Waals surface area contributed by atoms with E-state index in [0.29, 0.717) is 29.8 Å². The van der Waals surface area contributed by atoms with Crippen LogP contribution in [0.4, 0.5) is 11.5 Å². The third-order valence-corrected chi connectivity index (χ3v) is 6.30. The minimum absolute atomic E-state index is 0.0487. The van der Waals surface area contributed by atoms with E-state index in [9.17, 15) is 4.79 Å². The molecular formula is C23H27N5O3. The molecule has 3 aromatic rings. The summed E-state index contributed by atoms with van der Waals surface area (Å²) in [5.41, 5.74) is 1.48. The SMILES string of the molecule is Cc1ncc(-c2cc3c(NC4COC4C)c(NC(=O)C4CCCCC4)ncc3cn2)o1. The van der Waals surface area contributed by atoms with Gasteiger partial charge in [-0.3, -0.25) is 9.78 Å². The van der Waals surface area contributed by atoms with Crippen LogP contribution in [0.3, 0.4) is 0 Å². The molecule has 2 unspecified atom stereocenters. The van der Waals surface area contributed by atoms with Gasteiger partial charge in [-0.1, -0.05) is 19.3 Å². The molecule has 0 bridgehead atoms. The van der Waals surface area contributed by atoms with Gasteiger partial charge >= 0.3 is 0 Å². The van der Waals surface area contributed by atoms with E-state index >= 15 is 0 Å². The topological polar surface area (TPSA) is 102 Å². The van der Waals surface area contributed by atoms with E-state index in [1.165, 1.54) is 6.42 Å². The van der Waals surface area contributed by atoms with Crippen molar-refractivity contribution in [2.24, 2.45) is 5.92 Å². The Bertz CT molecular complexity index is 1110. The second kappa shape index (κ2) is 8.26. The normalized spacial score (nSPS) is 21.6. The lowest BCUT2D eigenvalue weighted by Gasteiger charge is -2.36. The van der Waals surface area contributed by atoms with Crippen LogP contribution in [-0.4, -0.2) is 39.6 Å². The maximum atomic E-state index is 12.9. The van der Waals surface area contributed by atoms with E-state index in [4.69, 9.17) is 9.15 Å². The number of fused-ring (bicyclic) bond motifs is 1. The van der Waals surface area contributed by atoms with Crippen LogP contribution in [-0.2, 0) is 9.53 Å². The number of nitrogens with zero attached hydrogens (tertiary/aromatic N) is 3. The molecule has 1 aliphatic heterocycles. The van der Waals surface area contributed by atoms with Crippen molar-refractivity contribution in [2.45, 2.75) is 58.1 Å². The predicted octanol–water partition coefficient (Wildman–Crippen LogP) is 4.31. The van der Waals surface area contributed by atoms with Crippen LogP contribution in [0.1, 0.15) is 44.9 Å². The van der Waals surface area contributed by atoms with Crippen LogP contribution in [0.5, 0.6) is 0 Å². The average Bonchev–Trinajstić information content (AvgIpc) is 3.23. The monoisotopic (exact) mass is 421 g/mol. The van der Waals surface area contributed by atoms with Crippen molar-refractivity contribution in [2.75, 3.05) is 17.2 Å². The molecule has 0 aromatic carbocycles. The maximum Gasteiger partial charge on any atom is 0.228 e. The number of hydrogen-bond donors (Lipinski definition) is 2. The zero-order valence-electron chi connectivity index (χ0n) is 17.9. The van der Waals surface area contributed by atoms with Gasteiger partial charge in [0.15, 0.2) is 17.5 Å². The average molecular weight is 422 g/mol. The van der Waals surface area contributed by atoms with Gasteiger partial charge in [-0.25, -0.2) is 9.97 Å². The molecule has 2 N–H and O–H groups in total. The molecule has 1 saturated heterocycles. The van der Waals surface area contributed by atoms with Crippen LogP contribution in [0, 0.1) is 12.8 Å². The van der Waals surface area contributed by atoms with Gasteiger partial charge in [-0.15, -0.1) is 0 Å². The zero-order chi connectivity index (χ0) is 21.4. The summed E-state index contributed by atoms with van der Waals surface area (Å²) in [7, 11) is 0. The van der Waals surface area contributed by atoms with Crippen molar-refractivity contribution in [1.82, 2.24) is 15.0 Å². The molecule has 8 heteroatoms. The highest BCUT2D eigenvalue weighted by Gasteiger charge is 2.30. The van der Waals surface area contributed by atoms with Gasteiger partial charge in [-0.2, -0.15) is 0 Å². The fourth-order valence-electron chi connectivity index (χ4n) is 4.28. The highest BCUT2D eigenvalue weighted by atomic mass is 16.5. The third kappa shape index (κ3) is 3.99. The fraction of sp³-hybridized carbons (Fsp3) is 0.478. The van der Waals surface area contributed by atoms with Crippen LogP contribution < -0.4 is 10.6 Å². The molecule has 1 saturated carbocycles. The number of aromatic nitrogens is 3. The number of oxazole rings is 1. The second-order valence-corrected chi connectivity index (χ2v) is 8.50. The van der Waals surface area contributed by atoms with E-state index in [0.717, 1.165) is 42.1 Å². The van der Waals surface area contributed by atoms with Crippen LogP contribution in [0.2, 0.25) is 0 Å². The summed E-state index contributed by atoms with van der Waals surface area (Å²) in [5.74, 6) is 1.84. The van der Waals surface area contributed by atoms with E-state index in [-0.39, 0.29) is 24.0 Å². The Morgan fingerprint density at radius 1 is 1.10 bits per heavy atom. The Morgan fingerprint density at radius 3 is 2.58 bits per heavy atom. The molecule has 2 atom stereocenters. The largest absolute Gasteiger partial charge is 0.439 e. The van der Waals surface area contributed by atoms with Crippen molar-refractivity contribution in [3.63, 3.8) is 0 Å². The van der Waals surface area contributed by atoms with Crippen molar-refractivity contribution in [3.05, 3.63) is 30.5 Å². The van der Waals surface area contributed by atoms with Gasteiger partial charge in [0.2, 0.25) is 5.91 Å². The van der Waals surface area contributed by atoms with Crippen molar-refractivity contribution in [1.29, 1.82) is 0 Å². The minimum atomic E-state index is 0.0487. The summed E-state index contributed by atoms with van der Waals surface area (Å²) in [5, 5.41) is 8.45. The number of hydrogen-bond acceptors (Lipinski definition) is 7. The molecule has 1 aliphatic carbocycles. The molecule has 1 amide bonds. The van der Waals surface area contributed by atoms with Crippen LogP contribution in [0.25, 0.3) is 22.2 Å². The van der Waals surface area contributed by atoms with Gasteiger partial charge in [0.1, 0.15) is 5.69 Å². The van der Waals surface area contributed by atoms with Crippen molar-refractivity contribution in [3.8, 4) is 11.5 Å². The Morgan fingerprint density at radius 2 is 1.90 bits per heavy atom. The molecule has 2 aliphatic rings. The molecule has 8 nitrogen and oxygen atoms in total. The first-order chi connectivity index (χ1) is 15.1. The Hall–Kier alpha value is -3.00. The molecule has 4 heterocycles. The molecule has 31 heavy (non-hydrogen) atoms. The minimum Gasteiger partial charge on any atom is -0.439 e. The van der Waals surface area contributed by atoms with E-state index in [2.05, 4.69) is 25.6 Å². The number of aryl methyl sites for hydroxylation is 1. The first-order valence-corrected chi connectivity index (χ1v) is 11.0. The number of rotatable bonds is 5. The number of nitrogens with one attached hydrogen (secondary N) is 2. The van der Waals surface area contributed by atoms with Gasteiger partial charge in [0, 0.05) is 36.0 Å². The summed E-state index contributed by atoms with van der Waals surface area (Å²) in [6.07, 6.45) is 10.6. The number of carbonyl (C=O) groups is 1. The molecular weight excluding hydrogens is 394 g/mol. The first-order valence-electron chi connectivity index (χ1n) is 11.0. The zero-order valence-corrected chi connectivity index (χ0v) is 17.9. The van der Waals surface area contributed by atoms with Gasteiger partial charge in [-0.05, 0) is 25.8 Å². The predicted molar refractivity (Wildman–Crippen MR) is 118 cm³/mol. The Balaban J connectivity index is 1.53. The summed E-state index contributed by atoms with van der Waals surface area (Å²) in [4.78, 5) is 26.2. The Kier molecular flexibility index (Phi) is 5.31. The van der Waals surface area contributed by atoms with Crippen molar-refractivity contribution < 1.29 is 13.9 Å². The second-order valence-electron chi connectivity index (χ2n) is 8.50. The van der Waals surface area contributed by atoms with Crippen LogP contribution in [0.15, 0.2) is 29.1 Å². The molecule has 3 aromatic heterocycles. The lowest BCUT2D eigenvalue weighted by Crippen LogP contribution is -2.48. The van der Waals surface area contributed by atoms with E-state index in [1.807, 2.05) is 13.0 Å². The van der Waals surface area contributed by atoms with Gasteiger partial charge in [0.05, 0.1) is 30.6 Å². The maximum absolute atomic E-state index is 12.9. The molecule has 5 rings (SSSR count). The lowest BCUT2D eigenvalue weighted by molar-refractivity contribution is -0.120. The van der Waals surface area contributed by atoms with Crippen LogP contribution >= 0.6 is 0 Å². The lowest BCUT2D eigenvalue weighted by atomic mass is 9.88. The number of pyridine rings is 2. The smallest absolute Gasteiger partial charge is 0.228 e. The van der Waals surface area contributed by atoms with Crippen molar-refractivity contribution >= 4 is 28.2 Å². The number of carbonyl (C=O) groups excluding carboxylic acids is 1.